The largest absolute Gasteiger partial charge is 0.478 e. The lowest BCUT2D eigenvalue weighted by Gasteiger charge is -2.16. The Kier molecular flexibility index (Phi) is 5.40. The molecule has 0 saturated carbocycles. The van der Waals surface area contributed by atoms with Crippen LogP contribution in [0.25, 0.3) is 21.9 Å². The van der Waals surface area contributed by atoms with Crippen molar-refractivity contribution in [3.8, 4) is 11.1 Å². The van der Waals surface area contributed by atoms with Crippen molar-refractivity contribution in [3.05, 3.63) is 71.8 Å². The van der Waals surface area contributed by atoms with Gasteiger partial charge in [-0.05, 0) is 52.2 Å². The summed E-state index contributed by atoms with van der Waals surface area (Å²) in [6.07, 6.45) is 0. The molecule has 0 atom stereocenters. The predicted molar refractivity (Wildman–Crippen MR) is 107 cm³/mol. The smallest absolute Gasteiger partial charge is 0.335 e. The fraction of sp³-hybridized carbons (Fsp3) is 0.136. The number of fused-ring (bicyclic) bond motifs is 1. The molecule has 0 saturated heterocycles. The zero-order valence-electron chi connectivity index (χ0n) is 15.6. The molecule has 6 nitrogen and oxygen atoms in total. The molecule has 28 heavy (non-hydrogen) atoms. The van der Waals surface area contributed by atoms with Gasteiger partial charge in [-0.3, -0.25) is 9.59 Å². The molecule has 2 N–H and O–H groups in total. The molecule has 2 amide bonds. The lowest BCUT2D eigenvalue weighted by atomic mass is 9.98. The maximum atomic E-state index is 12.5. The van der Waals surface area contributed by atoms with Crippen LogP contribution >= 0.6 is 0 Å². The van der Waals surface area contributed by atoms with Crippen LogP contribution in [0.2, 0.25) is 0 Å². The van der Waals surface area contributed by atoms with Crippen molar-refractivity contribution in [2.24, 2.45) is 0 Å². The Balaban J connectivity index is 1.90. The molecule has 142 valence electrons. The molecule has 0 unspecified atom stereocenters. The Hall–Kier alpha value is -3.67. The summed E-state index contributed by atoms with van der Waals surface area (Å²) >= 11 is 0. The molecule has 0 aliphatic rings. The summed E-state index contributed by atoms with van der Waals surface area (Å²) in [6.45, 7) is -0.00771. The summed E-state index contributed by atoms with van der Waals surface area (Å²) in [4.78, 5) is 36.5. The molecule has 0 aliphatic carbocycles. The zero-order chi connectivity index (χ0) is 20.3. The Bertz CT molecular complexity index is 1080. The van der Waals surface area contributed by atoms with Gasteiger partial charge in [-0.1, -0.05) is 30.3 Å². The first-order valence-electron chi connectivity index (χ1n) is 8.72. The van der Waals surface area contributed by atoms with E-state index in [4.69, 9.17) is 5.11 Å². The maximum Gasteiger partial charge on any atom is 0.335 e. The van der Waals surface area contributed by atoms with Gasteiger partial charge in [-0.15, -0.1) is 0 Å². The number of hydrogen-bond donors (Lipinski definition) is 2. The summed E-state index contributed by atoms with van der Waals surface area (Å²) in [5, 5.41) is 13.5. The molecule has 3 aromatic carbocycles. The van der Waals surface area contributed by atoms with Crippen LogP contribution in [0.1, 0.15) is 20.7 Å². The van der Waals surface area contributed by atoms with Crippen molar-refractivity contribution in [1.82, 2.24) is 10.2 Å². The summed E-state index contributed by atoms with van der Waals surface area (Å²) < 4.78 is 0. The number of benzene rings is 3. The third kappa shape index (κ3) is 4.01. The van der Waals surface area contributed by atoms with Crippen molar-refractivity contribution in [1.29, 1.82) is 0 Å². The van der Waals surface area contributed by atoms with E-state index in [1.165, 1.54) is 11.9 Å². The van der Waals surface area contributed by atoms with Gasteiger partial charge in [0.05, 0.1) is 12.1 Å². The summed E-state index contributed by atoms with van der Waals surface area (Å²) in [5.74, 6) is -1.43. The topological polar surface area (TPSA) is 86.7 Å². The van der Waals surface area contributed by atoms with E-state index in [2.05, 4.69) is 5.32 Å². The van der Waals surface area contributed by atoms with E-state index in [1.54, 1.807) is 37.4 Å². The lowest BCUT2D eigenvalue weighted by Crippen LogP contribution is -2.36. The quantitative estimate of drug-likeness (QED) is 0.717. The molecular weight excluding hydrogens is 356 g/mol. The van der Waals surface area contributed by atoms with Gasteiger partial charge in [0.15, 0.2) is 0 Å². The second kappa shape index (κ2) is 7.92. The van der Waals surface area contributed by atoms with Crippen molar-refractivity contribution in [2.75, 3.05) is 20.6 Å². The van der Waals surface area contributed by atoms with Crippen LogP contribution in [-0.2, 0) is 4.79 Å². The minimum Gasteiger partial charge on any atom is -0.478 e. The molecule has 0 fully saturated rings. The van der Waals surface area contributed by atoms with Gasteiger partial charge in [-0.25, -0.2) is 4.79 Å². The Morgan fingerprint density at radius 1 is 0.893 bits per heavy atom. The first-order valence-corrected chi connectivity index (χ1v) is 8.72. The third-order valence-corrected chi connectivity index (χ3v) is 4.54. The monoisotopic (exact) mass is 376 g/mol. The number of nitrogens with one attached hydrogen (secondary N) is 1. The van der Waals surface area contributed by atoms with Crippen LogP contribution in [0.15, 0.2) is 60.7 Å². The molecule has 0 spiro atoms. The number of carboxylic acids is 1. The van der Waals surface area contributed by atoms with E-state index in [0.717, 1.165) is 21.9 Å². The fourth-order valence-corrected chi connectivity index (χ4v) is 2.98. The minimum atomic E-state index is -0.966. The maximum absolute atomic E-state index is 12.5. The van der Waals surface area contributed by atoms with Crippen LogP contribution in [0.4, 0.5) is 0 Å². The van der Waals surface area contributed by atoms with E-state index in [9.17, 15) is 14.4 Å². The number of carbonyl (C=O) groups excluding carboxylic acids is 2. The third-order valence-electron chi connectivity index (χ3n) is 4.54. The molecule has 0 bridgehead atoms. The van der Waals surface area contributed by atoms with E-state index in [1.807, 2.05) is 30.3 Å². The molecule has 3 aromatic rings. The Labute approximate surface area is 162 Å². The summed E-state index contributed by atoms with van der Waals surface area (Å²) in [5.41, 5.74) is 2.44. The van der Waals surface area contributed by atoms with Gasteiger partial charge in [-0.2, -0.15) is 0 Å². The van der Waals surface area contributed by atoms with Crippen LogP contribution in [0, 0.1) is 0 Å². The average molecular weight is 376 g/mol. The highest BCUT2D eigenvalue weighted by Gasteiger charge is 2.15. The highest BCUT2D eigenvalue weighted by Crippen LogP contribution is 2.26. The molecule has 0 aromatic heterocycles. The van der Waals surface area contributed by atoms with Crippen LogP contribution in [0.5, 0.6) is 0 Å². The number of carbonyl (C=O) groups is 3. The molecule has 0 aliphatic heterocycles. The summed E-state index contributed by atoms with van der Waals surface area (Å²) in [6, 6.07) is 17.9. The van der Waals surface area contributed by atoms with Crippen LogP contribution < -0.4 is 5.32 Å². The normalized spacial score (nSPS) is 10.5. The van der Waals surface area contributed by atoms with Crippen molar-refractivity contribution in [2.45, 2.75) is 0 Å². The second-order valence-corrected chi connectivity index (χ2v) is 6.50. The number of aromatic carboxylic acids is 1. The Morgan fingerprint density at radius 3 is 2.29 bits per heavy atom. The number of carboxylic acid groups (broad SMARTS) is 1. The van der Waals surface area contributed by atoms with Crippen molar-refractivity contribution in [3.63, 3.8) is 0 Å². The van der Waals surface area contributed by atoms with Gasteiger partial charge < -0.3 is 15.3 Å². The number of likely N-dealkylation sites (N-methyl/N-ethyl adjacent to an activating group) is 2. The minimum absolute atomic E-state index is 0.00771. The second-order valence-electron chi connectivity index (χ2n) is 6.50. The molecule has 3 rings (SSSR count). The van der Waals surface area contributed by atoms with Gasteiger partial charge in [0.25, 0.3) is 5.91 Å². The average Bonchev–Trinajstić information content (AvgIpc) is 2.72. The molecule has 6 heteroatoms. The van der Waals surface area contributed by atoms with Crippen molar-refractivity contribution >= 4 is 28.6 Å². The van der Waals surface area contributed by atoms with Crippen LogP contribution in [-0.4, -0.2) is 48.4 Å². The van der Waals surface area contributed by atoms with E-state index in [-0.39, 0.29) is 23.9 Å². The van der Waals surface area contributed by atoms with Crippen LogP contribution in [0.3, 0.4) is 0 Å². The van der Waals surface area contributed by atoms with E-state index < -0.39 is 5.97 Å². The first kappa shape index (κ1) is 19.1. The Morgan fingerprint density at radius 2 is 1.57 bits per heavy atom. The lowest BCUT2D eigenvalue weighted by molar-refractivity contribution is -0.121. The molecule has 0 radical (unpaired) electrons. The highest BCUT2D eigenvalue weighted by atomic mass is 16.4. The molecular formula is C22H20N2O4. The van der Waals surface area contributed by atoms with Gasteiger partial charge in [0.1, 0.15) is 0 Å². The van der Waals surface area contributed by atoms with Gasteiger partial charge >= 0.3 is 5.97 Å². The fourth-order valence-electron chi connectivity index (χ4n) is 2.98. The standard InChI is InChI=1S/C22H20N2O4/c1-23-20(25)13-24(2)21(26)18-9-8-16-10-15(6-7-17(16)11-18)14-4-3-5-19(12-14)22(27)28/h3-12H,13H2,1-2H3,(H,23,25)(H,27,28). The number of rotatable bonds is 5. The first-order chi connectivity index (χ1) is 13.4. The van der Waals surface area contributed by atoms with Crippen molar-refractivity contribution < 1.29 is 19.5 Å². The number of hydrogen-bond acceptors (Lipinski definition) is 3. The summed E-state index contributed by atoms with van der Waals surface area (Å²) in [7, 11) is 3.11. The van der Waals surface area contributed by atoms with E-state index in [0.29, 0.717) is 5.56 Å². The van der Waals surface area contributed by atoms with Gasteiger partial charge in [0.2, 0.25) is 5.91 Å². The van der Waals surface area contributed by atoms with E-state index >= 15 is 0 Å². The van der Waals surface area contributed by atoms with Gasteiger partial charge in [0, 0.05) is 19.7 Å². The SMILES string of the molecule is CNC(=O)CN(C)C(=O)c1ccc2cc(-c3cccc(C(=O)O)c3)ccc2c1. The highest BCUT2D eigenvalue weighted by molar-refractivity contribution is 6.00. The predicted octanol–water partition coefficient (Wildman–Crippen LogP) is 3.02. The number of amides is 2. The molecule has 0 heterocycles. The zero-order valence-corrected chi connectivity index (χ0v) is 15.6. The number of nitrogens with zero attached hydrogens (tertiary/aromatic N) is 1.